The number of hydrogen-bond acceptors (Lipinski definition) is 6. The number of nitrogens with zero attached hydrogens (tertiary/aromatic N) is 3. The lowest BCUT2D eigenvalue weighted by molar-refractivity contribution is -0.384. The molecule has 0 bridgehead atoms. The van der Waals surface area contributed by atoms with Gasteiger partial charge in [0.1, 0.15) is 12.2 Å². The fraction of sp³-hybridized carbons (Fsp3) is 0.500. The molecular formula is C20H24N4O6. The number of rotatable bonds is 5. The van der Waals surface area contributed by atoms with Gasteiger partial charge in [0, 0.05) is 12.1 Å². The highest BCUT2D eigenvalue weighted by Gasteiger charge is 2.49. The summed E-state index contributed by atoms with van der Waals surface area (Å²) in [6, 6.07) is 1.67. The van der Waals surface area contributed by atoms with Crippen LogP contribution in [0.15, 0.2) is 12.1 Å². The van der Waals surface area contributed by atoms with Crippen molar-refractivity contribution in [1.29, 1.82) is 0 Å². The normalized spacial score (nSPS) is 21.9. The van der Waals surface area contributed by atoms with Crippen LogP contribution in [0.4, 0.5) is 16.2 Å². The molecule has 2 fully saturated rings. The lowest BCUT2D eigenvalue weighted by atomic mass is 9.85. The number of benzene rings is 1. The van der Waals surface area contributed by atoms with Crippen molar-refractivity contribution in [2.45, 2.75) is 52.5 Å². The molecule has 1 aliphatic heterocycles. The summed E-state index contributed by atoms with van der Waals surface area (Å²) >= 11 is 0. The Bertz CT molecular complexity index is 943. The second-order valence-electron chi connectivity index (χ2n) is 7.88. The van der Waals surface area contributed by atoms with Gasteiger partial charge in [0.15, 0.2) is 0 Å². The van der Waals surface area contributed by atoms with E-state index in [0.717, 1.165) is 29.7 Å². The zero-order valence-electron chi connectivity index (χ0n) is 17.1. The van der Waals surface area contributed by atoms with Crippen molar-refractivity contribution >= 4 is 35.1 Å². The van der Waals surface area contributed by atoms with Crippen LogP contribution in [0.1, 0.15) is 43.7 Å². The van der Waals surface area contributed by atoms with E-state index < -0.39 is 35.2 Å². The van der Waals surface area contributed by atoms with Gasteiger partial charge in [-0.05, 0) is 43.7 Å². The van der Waals surface area contributed by atoms with Crippen LogP contribution >= 0.6 is 0 Å². The molecule has 5 amide bonds. The van der Waals surface area contributed by atoms with Crippen molar-refractivity contribution in [3.8, 4) is 0 Å². The number of carbonyl (C=O) groups is 4. The Balaban J connectivity index is 1.78. The molecule has 10 heteroatoms. The number of hydrogen-bond donors (Lipinski definition) is 1. The number of anilines is 1. The average molecular weight is 416 g/mol. The Morgan fingerprint density at radius 1 is 1.17 bits per heavy atom. The second-order valence-corrected chi connectivity index (χ2v) is 7.88. The van der Waals surface area contributed by atoms with Gasteiger partial charge < -0.3 is 5.32 Å². The lowest BCUT2D eigenvalue weighted by Crippen LogP contribution is -2.46. The quantitative estimate of drug-likeness (QED) is 0.340. The number of urea groups is 1. The Kier molecular flexibility index (Phi) is 5.86. The summed E-state index contributed by atoms with van der Waals surface area (Å²) in [5, 5.41) is 13.7. The maximum absolute atomic E-state index is 12.8. The number of nitro groups is 1. The largest absolute Gasteiger partial charge is 0.334 e. The standard InChI is InChI=1S/C20H24N4O6/c1-11-8-9-15(24(29)30)17(13(11)3)21-16(25)10-22-18(26)19(27)23(20(22)28)14-7-5-4-6-12(14)2/h8-9,12,14H,4-7,10H2,1-3H3,(H,21,25)/t12-,14-/m1/s1. The van der Waals surface area contributed by atoms with E-state index in [1.54, 1.807) is 19.9 Å². The minimum Gasteiger partial charge on any atom is -0.319 e. The predicted molar refractivity (Wildman–Crippen MR) is 107 cm³/mol. The van der Waals surface area contributed by atoms with Crippen molar-refractivity contribution in [1.82, 2.24) is 9.80 Å². The molecule has 1 saturated heterocycles. The van der Waals surface area contributed by atoms with E-state index in [1.807, 2.05) is 6.92 Å². The highest BCUT2D eigenvalue weighted by molar-refractivity contribution is 6.45. The number of aryl methyl sites for hydroxylation is 1. The molecule has 2 atom stereocenters. The molecule has 1 N–H and O–H groups in total. The summed E-state index contributed by atoms with van der Waals surface area (Å²) in [6.07, 6.45) is 3.34. The van der Waals surface area contributed by atoms with Crippen molar-refractivity contribution in [3.05, 3.63) is 33.4 Å². The Hall–Kier alpha value is -3.30. The second kappa shape index (κ2) is 8.21. The molecule has 0 spiro atoms. The highest BCUT2D eigenvalue weighted by atomic mass is 16.6. The molecular weight excluding hydrogens is 392 g/mol. The van der Waals surface area contributed by atoms with E-state index in [4.69, 9.17) is 0 Å². The summed E-state index contributed by atoms with van der Waals surface area (Å²) in [6.45, 7) is 4.61. The fourth-order valence-electron chi connectivity index (χ4n) is 4.07. The van der Waals surface area contributed by atoms with Crippen LogP contribution in [-0.2, 0) is 14.4 Å². The van der Waals surface area contributed by atoms with E-state index in [-0.39, 0.29) is 23.3 Å². The van der Waals surface area contributed by atoms with E-state index >= 15 is 0 Å². The minimum atomic E-state index is -1.05. The summed E-state index contributed by atoms with van der Waals surface area (Å²) < 4.78 is 0. The van der Waals surface area contributed by atoms with Gasteiger partial charge in [-0.1, -0.05) is 25.8 Å². The van der Waals surface area contributed by atoms with Gasteiger partial charge in [-0.15, -0.1) is 0 Å². The number of imide groups is 2. The average Bonchev–Trinajstić information content (AvgIpc) is 2.89. The first-order valence-corrected chi connectivity index (χ1v) is 9.87. The first-order valence-electron chi connectivity index (χ1n) is 9.87. The third-order valence-electron chi connectivity index (χ3n) is 5.96. The molecule has 1 saturated carbocycles. The van der Waals surface area contributed by atoms with Crippen molar-refractivity contribution < 1.29 is 24.1 Å². The summed E-state index contributed by atoms with van der Waals surface area (Å²) in [4.78, 5) is 62.4. The van der Waals surface area contributed by atoms with Crippen molar-refractivity contribution in [2.24, 2.45) is 5.92 Å². The van der Waals surface area contributed by atoms with E-state index in [9.17, 15) is 29.3 Å². The van der Waals surface area contributed by atoms with E-state index in [1.165, 1.54) is 6.07 Å². The summed E-state index contributed by atoms with van der Waals surface area (Å²) in [5.74, 6) is -2.70. The molecule has 30 heavy (non-hydrogen) atoms. The molecule has 1 aromatic rings. The molecule has 1 aromatic carbocycles. The van der Waals surface area contributed by atoms with Crippen LogP contribution < -0.4 is 5.32 Å². The van der Waals surface area contributed by atoms with Crippen LogP contribution in [0.2, 0.25) is 0 Å². The smallest absolute Gasteiger partial charge is 0.319 e. The highest BCUT2D eigenvalue weighted by Crippen LogP contribution is 2.32. The summed E-state index contributed by atoms with van der Waals surface area (Å²) in [7, 11) is 0. The third kappa shape index (κ3) is 3.77. The van der Waals surface area contributed by atoms with Gasteiger partial charge in [0.25, 0.3) is 5.69 Å². The topological polar surface area (TPSA) is 130 Å². The molecule has 2 aliphatic rings. The number of nitrogens with one attached hydrogen (secondary N) is 1. The molecule has 1 aliphatic carbocycles. The third-order valence-corrected chi connectivity index (χ3v) is 5.96. The van der Waals surface area contributed by atoms with Crippen LogP contribution in [0.5, 0.6) is 0 Å². The first-order chi connectivity index (χ1) is 14.1. The minimum absolute atomic E-state index is 0.00757. The van der Waals surface area contributed by atoms with Crippen molar-refractivity contribution in [3.63, 3.8) is 0 Å². The molecule has 0 aromatic heterocycles. The Morgan fingerprint density at radius 3 is 2.47 bits per heavy atom. The molecule has 1 heterocycles. The Labute approximate surface area is 173 Å². The number of nitro benzene ring substituents is 1. The van der Waals surface area contributed by atoms with Crippen LogP contribution in [0.3, 0.4) is 0 Å². The van der Waals surface area contributed by atoms with Gasteiger partial charge in [-0.25, -0.2) is 9.69 Å². The molecule has 160 valence electrons. The Morgan fingerprint density at radius 2 is 1.83 bits per heavy atom. The van der Waals surface area contributed by atoms with Gasteiger partial charge in [-0.3, -0.25) is 29.4 Å². The number of amides is 5. The molecule has 10 nitrogen and oxygen atoms in total. The lowest BCUT2D eigenvalue weighted by Gasteiger charge is -2.34. The van der Waals surface area contributed by atoms with Crippen LogP contribution in [0.25, 0.3) is 0 Å². The first kappa shape index (κ1) is 21.4. The zero-order chi connectivity index (χ0) is 22.2. The van der Waals surface area contributed by atoms with Gasteiger partial charge in [0.05, 0.1) is 4.92 Å². The maximum Gasteiger partial charge on any atom is 0.334 e. The monoisotopic (exact) mass is 416 g/mol. The number of carbonyl (C=O) groups excluding carboxylic acids is 4. The van der Waals surface area contributed by atoms with Gasteiger partial charge >= 0.3 is 17.8 Å². The molecule has 3 rings (SSSR count). The van der Waals surface area contributed by atoms with Crippen LogP contribution in [-0.4, -0.2) is 51.1 Å². The zero-order valence-corrected chi connectivity index (χ0v) is 17.1. The van der Waals surface area contributed by atoms with Gasteiger partial charge in [-0.2, -0.15) is 0 Å². The van der Waals surface area contributed by atoms with E-state index in [2.05, 4.69) is 5.32 Å². The fourth-order valence-corrected chi connectivity index (χ4v) is 4.07. The molecule has 0 radical (unpaired) electrons. The SMILES string of the molecule is Cc1ccc([N+](=O)[O-])c(NC(=O)CN2C(=O)C(=O)N([C@@H]3CCCC[C@H]3C)C2=O)c1C. The van der Waals surface area contributed by atoms with Crippen molar-refractivity contribution in [2.75, 3.05) is 11.9 Å². The molecule has 0 unspecified atom stereocenters. The maximum atomic E-state index is 12.8. The van der Waals surface area contributed by atoms with Crippen LogP contribution in [0, 0.1) is 29.9 Å². The predicted octanol–water partition coefficient (Wildman–Crippen LogP) is 2.52. The van der Waals surface area contributed by atoms with E-state index in [0.29, 0.717) is 16.9 Å². The van der Waals surface area contributed by atoms with Gasteiger partial charge in [0.2, 0.25) is 5.91 Å². The summed E-state index contributed by atoms with van der Waals surface area (Å²) in [5.41, 5.74) is 0.953.